The van der Waals surface area contributed by atoms with Gasteiger partial charge < -0.3 is 27.0 Å². The molecular formula is C19H21N5O5S. The number of nitrogens with zero attached hydrogens (tertiary/aromatic N) is 2. The maximum Gasteiger partial charge on any atom is 0.326 e. The molecule has 11 heteroatoms. The van der Waals surface area contributed by atoms with Crippen LogP contribution in [0.2, 0.25) is 0 Å². The van der Waals surface area contributed by atoms with Gasteiger partial charge in [0.15, 0.2) is 0 Å². The van der Waals surface area contributed by atoms with Crippen molar-refractivity contribution in [3.63, 3.8) is 0 Å². The summed E-state index contributed by atoms with van der Waals surface area (Å²) in [7, 11) is 0. The number of aromatic nitrogens is 2. The largest absolute Gasteiger partial charge is 0.481 e. The van der Waals surface area contributed by atoms with E-state index in [-0.39, 0.29) is 18.8 Å². The van der Waals surface area contributed by atoms with E-state index in [1.165, 1.54) is 11.3 Å². The lowest BCUT2D eigenvalue weighted by Gasteiger charge is -2.12. The summed E-state index contributed by atoms with van der Waals surface area (Å²) in [6.45, 7) is 0. The Labute approximate surface area is 175 Å². The fourth-order valence-corrected chi connectivity index (χ4v) is 4.12. The predicted molar refractivity (Wildman–Crippen MR) is 111 cm³/mol. The lowest BCUT2D eigenvalue weighted by atomic mass is 10.1. The number of carboxylic acid groups (broad SMARTS) is 2. The monoisotopic (exact) mass is 431 g/mol. The van der Waals surface area contributed by atoms with Crippen molar-refractivity contribution in [3.8, 4) is 0 Å². The van der Waals surface area contributed by atoms with Crippen molar-refractivity contribution in [2.45, 2.75) is 38.1 Å². The van der Waals surface area contributed by atoms with Crippen molar-refractivity contribution in [1.82, 2.24) is 15.3 Å². The van der Waals surface area contributed by atoms with Gasteiger partial charge in [0.2, 0.25) is 5.95 Å². The quantitative estimate of drug-likeness (QED) is 0.411. The van der Waals surface area contributed by atoms with Crippen LogP contribution in [-0.4, -0.2) is 44.1 Å². The van der Waals surface area contributed by atoms with Crippen LogP contribution in [0.25, 0.3) is 5.57 Å². The molecule has 1 aliphatic rings. The summed E-state index contributed by atoms with van der Waals surface area (Å²) >= 11 is 1.24. The minimum absolute atomic E-state index is 0.157. The third-order valence-corrected chi connectivity index (χ3v) is 5.77. The first-order chi connectivity index (χ1) is 14.2. The van der Waals surface area contributed by atoms with Crippen LogP contribution in [0.4, 0.5) is 11.8 Å². The van der Waals surface area contributed by atoms with Crippen molar-refractivity contribution < 1.29 is 24.6 Å². The number of aliphatic carboxylic acids is 2. The van der Waals surface area contributed by atoms with Gasteiger partial charge in [-0.25, -0.2) is 9.78 Å². The van der Waals surface area contributed by atoms with Crippen LogP contribution in [0.1, 0.15) is 45.1 Å². The first kappa shape index (κ1) is 21.2. The fourth-order valence-electron chi connectivity index (χ4n) is 3.25. The van der Waals surface area contributed by atoms with Gasteiger partial charge in [-0.15, -0.1) is 11.3 Å². The minimum Gasteiger partial charge on any atom is -0.481 e. The molecule has 10 nitrogen and oxygen atoms in total. The zero-order valence-electron chi connectivity index (χ0n) is 15.9. The zero-order valence-corrected chi connectivity index (χ0v) is 16.7. The van der Waals surface area contributed by atoms with Gasteiger partial charge in [-0.2, -0.15) is 4.98 Å². The van der Waals surface area contributed by atoms with Crippen LogP contribution in [-0.2, 0) is 22.4 Å². The molecule has 2 aromatic heterocycles. The van der Waals surface area contributed by atoms with Gasteiger partial charge in [-0.3, -0.25) is 9.59 Å². The molecule has 158 valence electrons. The normalized spacial score (nSPS) is 15.0. The lowest BCUT2D eigenvalue weighted by Crippen LogP contribution is -2.40. The first-order valence-corrected chi connectivity index (χ1v) is 10.0. The number of aryl methyl sites for hydroxylation is 1. The van der Waals surface area contributed by atoms with Crippen molar-refractivity contribution in [1.29, 1.82) is 0 Å². The summed E-state index contributed by atoms with van der Waals surface area (Å²) in [6.07, 6.45) is 3.57. The number of thiophene rings is 1. The van der Waals surface area contributed by atoms with Gasteiger partial charge in [-0.05, 0) is 37.0 Å². The molecule has 30 heavy (non-hydrogen) atoms. The summed E-state index contributed by atoms with van der Waals surface area (Å²) in [4.78, 5) is 43.7. The number of amides is 1. The number of nitrogen functional groups attached to an aromatic ring is 2. The number of anilines is 2. The van der Waals surface area contributed by atoms with Crippen LogP contribution >= 0.6 is 11.3 Å². The van der Waals surface area contributed by atoms with Crippen LogP contribution in [0.5, 0.6) is 0 Å². The molecule has 0 saturated heterocycles. The van der Waals surface area contributed by atoms with E-state index < -0.39 is 23.9 Å². The number of hydrogen-bond acceptors (Lipinski definition) is 8. The van der Waals surface area contributed by atoms with E-state index in [1.54, 1.807) is 12.1 Å². The molecule has 1 atom stereocenters. The molecule has 2 aromatic rings. The number of carbonyl (C=O) groups excluding carboxylic acids is 1. The van der Waals surface area contributed by atoms with Crippen LogP contribution in [0.15, 0.2) is 18.2 Å². The van der Waals surface area contributed by atoms with Gasteiger partial charge in [0.1, 0.15) is 11.9 Å². The van der Waals surface area contributed by atoms with Crippen molar-refractivity contribution in [3.05, 3.63) is 39.2 Å². The number of carboxylic acids is 2. The van der Waals surface area contributed by atoms with E-state index in [0.717, 1.165) is 34.5 Å². The SMILES string of the molecule is Nc1nc(N)c2c(n1)CCC2=CCc1ccc(C(=O)N[C@@H](CCC(=O)O)C(=O)O)s1. The molecule has 0 spiro atoms. The predicted octanol–water partition coefficient (Wildman–Crippen LogP) is 1.32. The zero-order chi connectivity index (χ0) is 21.8. The highest BCUT2D eigenvalue weighted by Crippen LogP contribution is 2.35. The number of allylic oxidation sites excluding steroid dienone is 2. The summed E-state index contributed by atoms with van der Waals surface area (Å²) in [5.41, 5.74) is 14.3. The van der Waals surface area contributed by atoms with Gasteiger partial charge in [0.25, 0.3) is 5.91 Å². The molecular weight excluding hydrogens is 410 g/mol. The second kappa shape index (κ2) is 8.91. The van der Waals surface area contributed by atoms with Crippen molar-refractivity contribution in [2.75, 3.05) is 11.5 Å². The summed E-state index contributed by atoms with van der Waals surface area (Å²) < 4.78 is 0. The van der Waals surface area contributed by atoms with E-state index in [0.29, 0.717) is 17.1 Å². The Morgan fingerprint density at radius 2 is 1.97 bits per heavy atom. The van der Waals surface area contributed by atoms with Gasteiger partial charge in [0.05, 0.1) is 10.6 Å². The molecule has 1 amide bonds. The number of rotatable bonds is 8. The van der Waals surface area contributed by atoms with E-state index in [2.05, 4.69) is 15.3 Å². The summed E-state index contributed by atoms with van der Waals surface area (Å²) in [6, 6.07) is 2.15. The molecule has 0 bridgehead atoms. The highest BCUT2D eigenvalue weighted by molar-refractivity contribution is 7.14. The number of carbonyl (C=O) groups is 3. The van der Waals surface area contributed by atoms with E-state index in [9.17, 15) is 19.5 Å². The number of nitrogens with one attached hydrogen (secondary N) is 1. The van der Waals surface area contributed by atoms with Crippen molar-refractivity contribution >= 4 is 46.5 Å². The number of fused-ring (bicyclic) bond motifs is 1. The van der Waals surface area contributed by atoms with E-state index in [1.807, 2.05) is 6.08 Å². The molecule has 3 rings (SSSR count). The highest BCUT2D eigenvalue weighted by Gasteiger charge is 2.23. The van der Waals surface area contributed by atoms with Gasteiger partial charge in [0, 0.05) is 23.3 Å². The van der Waals surface area contributed by atoms with E-state index >= 15 is 0 Å². The molecule has 0 radical (unpaired) electrons. The smallest absolute Gasteiger partial charge is 0.326 e. The van der Waals surface area contributed by atoms with Crippen molar-refractivity contribution in [2.24, 2.45) is 0 Å². The van der Waals surface area contributed by atoms with E-state index in [4.69, 9.17) is 16.6 Å². The van der Waals surface area contributed by atoms with Crippen LogP contribution in [0.3, 0.4) is 0 Å². The molecule has 1 aliphatic carbocycles. The Morgan fingerprint density at radius 3 is 2.67 bits per heavy atom. The fraction of sp³-hybridized carbons (Fsp3) is 0.316. The standard InChI is InChI=1S/C19H21N5O5S/c20-16-15-9(2-5-11(15)23-19(21)24-16)1-3-10-4-7-13(30-10)17(27)22-12(18(28)29)6-8-14(25)26/h1,4,7,12H,2-3,5-6,8H2,(H,22,27)(H,25,26)(H,28,29)(H4,20,21,23,24)/t12-/m0/s1. The average molecular weight is 431 g/mol. The first-order valence-electron chi connectivity index (χ1n) is 9.20. The lowest BCUT2D eigenvalue weighted by molar-refractivity contribution is -0.140. The molecule has 7 N–H and O–H groups in total. The Hall–Kier alpha value is -3.47. The minimum atomic E-state index is -1.27. The molecule has 0 fully saturated rings. The maximum atomic E-state index is 12.3. The molecule has 0 saturated carbocycles. The Balaban J connectivity index is 1.66. The second-order valence-corrected chi connectivity index (χ2v) is 7.95. The molecule has 0 aliphatic heterocycles. The van der Waals surface area contributed by atoms with Gasteiger partial charge in [-0.1, -0.05) is 6.08 Å². The second-order valence-electron chi connectivity index (χ2n) is 6.78. The van der Waals surface area contributed by atoms with Gasteiger partial charge >= 0.3 is 11.9 Å². The summed E-state index contributed by atoms with van der Waals surface area (Å²) in [5.74, 6) is -2.43. The highest BCUT2D eigenvalue weighted by atomic mass is 32.1. The third-order valence-electron chi connectivity index (χ3n) is 4.67. The van der Waals surface area contributed by atoms with Crippen LogP contribution < -0.4 is 16.8 Å². The summed E-state index contributed by atoms with van der Waals surface area (Å²) in [5, 5.41) is 20.3. The number of nitrogens with two attached hydrogens (primary N) is 2. The number of hydrogen-bond donors (Lipinski definition) is 5. The Kier molecular flexibility index (Phi) is 6.31. The Morgan fingerprint density at radius 1 is 1.20 bits per heavy atom. The Bertz CT molecular complexity index is 1030. The topological polar surface area (TPSA) is 182 Å². The average Bonchev–Trinajstić information content (AvgIpc) is 3.29. The molecule has 0 unspecified atom stereocenters. The maximum absolute atomic E-state index is 12.3. The molecule has 2 heterocycles. The third kappa shape index (κ3) is 4.92. The molecule has 0 aromatic carbocycles. The van der Waals surface area contributed by atoms with Crippen LogP contribution in [0, 0.1) is 0 Å².